The van der Waals surface area contributed by atoms with Crippen LogP contribution < -0.4 is 11.3 Å². The zero-order chi connectivity index (χ0) is 14.7. The van der Waals surface area contributed by atoms with Crippen molar-refractivity contribution < 1.29 is 0 Å². The average Bonchev–Trinajstić information content (AvgIpc) is 2.54. The summed E-state index contributed by atoms with van der Waals surface area (Å²) < 4.78 is 1.27. The van der Waals surface area contributed by atoms with E-state index < -0.39 is 0 Å². The monoisotopic (exact) mass is 392 g/mol. The Labute approximate surface area is 140 Å². The Bertz CT molecular complexity index is 594. The van der Waals surface area contributed by atoms with Gasteiger partial charge in [-0.2, -0.15) is 0 Å². The van der Waals surface area contributed by atoms with Crippen LogP contribution in [-0.4, -0.2) is 6.04 Å². The van der Waals surface area contributed by atoms with Crippen LogP contribution in [-0.2, 0) is 12.8 Å². The lowest BCUT2D eigenvalue weighted by molar-refractivity contribution is 0.395. The molecule has 0 saturated carbocycles. The molecule has 0 amide bonds. The largest absolute Gasteiger partial charge is 0.271 e. The highest BCUT2D eigenvalue weighted by atomic mass is 127. The molecule has 2 unspecified atom stereocenters. The molecule has 0 bridgehead atoms. The van der Waals surface area contributed by atoms with Gasteiger partial charge in [0.15, 0.2) is 0 Å². The van der Waals surface area contributed by atoms with Crippen molar-refractivity contribution in [2.75, 3.05) is 0 Å². The minimum absolute atomic E-state index is 0.298. The molecule has 3 heteroatoms. The second-order valence-corrected chi connectivity index (χ2v) is 7.05. The summed E-state index contributed by atoms with van der Waals surface area (Å²) in [6.45, 7) is 0. The molecule has 1 aliphatic rings. The Hall–Kier alpha value is -0.910. The zero-order valence-electron chi connectivity index (χ0n) is 12.1. The lowest BCUT2D eigenvalue weighted by Crippen LogP contribution is -2.42. The van der Waals surface area contributed by atoms with E-state index in [1.807, 2.05) is 0 Å². The lowest BCUT2D eigenvalue weighted by Gasteiger charge is -2.32. The van der Waals surface area contributed by atoms with Crippen molar-refractivity contribution in [2.45, 2.75) is 37.6 Å². The van der Waals surface area contributed by atoms with Crippen molar-refractivity contribution in [1.82, 2.24) is 5.43 Å². The van der Waals surface area contributed by atoms with E-state index in [1.54, 1.807) is 0 Å². The number of rotatable bonds is 4. The number of halogens is 1. The maximum atomic E-state index is 5.89. The summed E-state index contributed by atoms with van der Waals surface area (Å²) in [5, 5.41) is 0. The van der Waals surface area contributed by atoms with Gasteiger partial charge >= 0.3 is 0 Å². The number of hydrogen-bond donors (Lipinski definition) is 2. The summed E-state index contributed by atoms with van der Waals surface area (Å²) >= 11 is 2.34. The third-order valence-corrected chi connectivity index (χ3v) is 5.20. The lowest BCUT2D eigenvalue weighted by atomic mass is 9.77. The van der Waals surface area contributed by atoms with E-state index in [9.17, 15) is 0 Å². The Balaban J connectivity index is 1.82. The molecule has 2 aromatic carbocycles. The van der Waals surface area contributed by atoms with Gasteiger partial charge in [-0.1, -0.05) is 36.4 Å². The van der Waals surface area contributed by atoms with E-state index in [0.717, 1.165) is 6.42 Å². The highest BCUT2D eigenvalue weighted by Crippen LogP contribution is 2.34. The second-order valence-electron chi connectivity index (χ2n) is 5.80. The van der Waals surface area contributed by atoms with Gasteiger partial charge in [-0.05, 0) is 77.1 Å². The summed E-state index contributed by atoms with van der Waals surface area (Å²) in [7, 11) is 0. The number of benzene rings is 2. The Morgan fingerprint density at radius 3 is 2.67 bits per heavy atom. The van der Waals surface area contributed by atoms with Crippen LogP contribution in [0.2, 0.25) is 0 Å². The molecular formula is C18H21IN2. The van der Waals surface area contributed by atoms with Gasteiger partial charge in [-0.25, -0.2) is 0 Å². The number of aryl methyl sites for hydroxylation is 1. The molecule has 1 aliphatic carbocycles. The van der Waals surface area contributed by atoms with Crippen molar-refractivity contribution >= 4 is 22.6 Å². The molecule has 2 nitrogen and oxygen atoms in total. The average molecular weight is 392 g/mol. The maximum Gasteiger partial charge on any atom is 0.0319 e. The Morgan fingerprint density at radius 2 is 1.90 bits per heavy atom. The van der Waals surface area contributed by atoms with E-state index >= 15 is 0 Å². The topological polar surface area (TPSA) is 38.0 Å². The highest BCUT2D eigenvalue weighted by Gasteiger charge is 2.27. The van der Waals surface area contributed by atoms with E-state index in [4.69, 9.17) is 5.84 Å². The van der Waals surface area contributed by atoms with Gasteiger partial charge in [-0.15, -0.1) is 0 Å². The van der Waals surface area contributed by atoms with E-state index in [0.29, 0.717) is 12.0 Å². The summed E-state index contributed by atoms with van der Waals surface area (Å²) in [5.74, 6) is 6.40. The zero-order valence-corrected chi connectivity index (χ0v) is 14.2. The van der Waals surface area contributed by atoms with Gasteiger partial charge < -0.3 is 0 Å². The number of nitrogens with two attached hydrogens (primary N) is 1. The molecule has 0 aromatic heterocycles. The molecule has 0 saturated heterocycles. The van der Waals surface area contributed by atoms with Crippen molar-refractivity contribution in [1.29, 1.82) is 0 Å². The predicted octanol–water partition coefficient (Wildman–Crippen LogP) is 3.79. The first-order chi connectivity index (χ1) is 10.3. The quantitative estimate of drug-likeness (QED) is 0.472. The molecule has 0 spiro atoms. The molecule has 0 fully saturated rings. The minimum Gasteiger partial charge on any atom is -0.271 e. The predicted molar refractivity (Wildman–Crippen MR) is 96.1 cm³/mol. The first kappa shape index (κ1) is 15.0. The summed E-state index contributed by atoms with van der Waals surface area (Å²) in [6, 6.07) is 17.9. The van der Waals surface area contributed by atoms with Crippen molar-refractivity contribution in [3.8, 4) is 0 Å². The smallest absolute Gasteiger partial charge is 0.0319 e. The SMILES string of the molecule is NNC(Cc1ccc(I)cc1)C1CCCc2ccccc21. The second kappa shape index (κ2) is 6.90. The molecule has 110 valence electrons. The number of fused-ring (bicyclic) bond motifs is 1. The fourth-order valence-electron chi connectivity index (χ4n) is 3.40. The third-order valence-electron chi connectivity index (χ3n) is 4.48. The maximum absolute atomic E-state index is 5.89. The summed E-state index contributed by atoms with van der Waals surface area (Å²) in [6.07, 6.45) is 4.66. The van der Waals surface area contributed by atoms with E-state index in [1.165, 1.54) is 39.5 Å². The van der Waals surface area contributed by atoms with Gasteiger partial charge in [0, 0.05) is 15.5 Å². The van der Waals surface area contributed by atoms with Crippen LogP contribution in [0.3, 0.4) is 0 Å². The van der Waals surface area contributed by atoms with Crippen LogP contribution in [0.15, 0.2) is 48.5 Å². The third kappa shape index (κ3) is 3.47. The standard InChI is InChI=1S/C18H21IN2/c19-15-10-8-13(9-11-15)12-18(21-20)17-7-3-5-14-4-1-2-6-16(14)17/h1-2,4,6,8-11,17-18,21H,3,5,7,12,20H2. The first-order valence-electron chi connectivity index (χ1n) is 7.56. The highest BCUT2D eigenvalue weighted by molar-refractivity contribution is 14.1. The number of nitrogens with one attached hydrogen (secondary N) is 1. The normalized spacial score (nSPS) is 19.0. The van der Waals surface area contributed by atoms with Crippen LogP contribution >= 0.6 is 22.6 Å². The molecule has 2 atom stereocenters. The fraction of sp³-hybridized carbons (Fsp3) is 0.333. The Morgan fingerprint density at radius 1 is 1.14 bits per heavy atom. The van der Waals surface area contributed by atoms with Crippen LogP contribution in [0.5, 0.6) is 0 Å². The van der Waals surface area contributed by atoms with Gasteiger partial charge in [0.1, 0.15) is 0 Å². The molecule has 0 heterocycles. The molecule has 0 radical (unpaired) electrons. The molecule has 3 N–H and O–H groups in total. The van der Waals surface area contributed by atoms with E-state index in [2.05, 4.69) is 76.5 Å². The molecular weight excluding hydrogens is 371 g/mol. The van der Waals surface area contributed by atoms with Gasteiger partial charge in [0.25, 0.3) is 0 Å². The number of hydrazine groups is 1. The van der Waals surface area contributed by atoms with Crippen LogP contribution in [0, 0.1) is 3.57 Å². The van der Waals surface area contributed by atoms with Crippen molar-refractivity contribution in [2.24, 2.45) is 5.84 Å². The summed E-state index contributed by atoms with van der Waals surface area (Å²) in [4.78, 5) is 0. The molecule has 21 heavy (non-hydrogen) atoms. The van der Waals surface area contributed by atoms with Crippen molar-refractivity contribution in [3.05, 3.63) is 68.8 Å². The summed E-state index contributed by atoms with van der Waals surface area (Å²) in [5.41, 5.74) is 7.40. The van der Waals surface area contributed by atoms with Gasteiger partial charge in [0.2, 0.25) is 0 Å². The Kier molecular flexibility index (Phi) is 4.93. The van der Waals surface area contributed by atoms with Crippen molar-refractivity contribution in [3.63, 3.8) is 0 Å². The molecule has 2 aromatic rings. The minimum atomic E-state index is 0.298. The van der Waals surface area contributed by atoms with Crippen LogP contribution in [0.4, 0.5) is 0 Å². The molecule has 0 aliphatic heterocycles. The number of hydrogen-bond acceptors (Lipinski definition) is 2. The molecule has 3 rings (SSSR count). The fourth-order valence-corrected chi connectivity index (χ4v) is 3.76. The van der Waals surface area contributed by atoms with Crippen LogP contribution in [0.25, 0.3) is 0 Å². The first-order valence-corrected chi connectivity index (χ1v) is 8.64. The van der Waals surface area contributed by atoms with Gasteiger partial charge in [0.05, 0.1) is 0 Å². The van der Waals surface area contributed by atoms with Crippen LogP contribution in [0.1, 0.15) is 35.4 Å². The van der Waals surface area contributed by atoms with E-state index in [-0.39, 0.29) is 0 Å². The van der Waals surface area contributed by atoms with Gasteiger partial charge in [-0.3, -0.25) is 11.3 Å².